The molecule has 0 unspecified atom stereocenters. The number of methoxy groups -OCH3 is 1. The van der Waals surface area contributed by atoms with Gasteiger partial charge in [0, 0.05) is 36.9 Å². The number of anilines is 1. The Labute approximate surface area is 225 Å². The van der Waals surface area contributed by atoms with E-state index < -0.39 is 17.2 Å². The summed E-state index contributed by atoms with van der Waals surface area (Å²) in [5, 5.41) is 4.11. The first kappa shape index (κ1) is 25.7. The van der Waals surface area contributed by atoms with Crippen LogP contribution in [0.4, 0.5) is 14.5 Å². The maximum absolute atomic E-state index is 14.3. The van der Waals surface area contributed by atoms with Crippen LogP contribution in [0.15, 0.2) is 40.9 Å². The molecule has 204 valence electrons. The molecule has 0 N–H and O–H groups in total. The minimum Gasteiger partial charge on any atom is -0.381 e. The van der Waals surface area contributed by atoms with Gasteiger partial charge in [-0.25, -0.2) is 13.8 Å². The number of benzene rings is 2. The molecule has 1 saturated carbocycles. The minimum atomic E-state index is -0.981. The van der Waals surface area contributed by atoms with E-state index in [1.807, 2.05) is 26.8 Å². The van der Waals surface area contributed by atoms with Crippen molar-refractivity contribution in [1.29, 1.82) is 0 Å². The molecule has 39 heavy (non-hydrogen) atoms. The molecular weight excluding hydrogens is 502 g/mol. The van der Waals surface area contributed by atoms with E-state index in [2.05, 4.69) is 21.9 Å². The van der Waals surface area contributed by atoms with Gasteiger partial charge < -0.3 is 13.8 Å². The minimum absolute atomic E-state index is 0.137. The summed E-state index contributed by atoms with van der Waals surface area (Å²) in [4.78, 5) is 20.0. The lowest BCUT2D eigenvalue weighted by molar-refractivity contribution is -0.117. The second kappa shape index (κ2) is 9.55. The highest BCUT2D eigenvalue weighted by atomic mass is 19.2. The fourth-order valence-corrected chi connectivity index (χ4v) is 6.55. The second-order valence-corrected chi connectivity index (χ2v) is 11.0. The van der Waals surface area contributed by atoms with Crippen LogP contribution >= 0.6 is 0 Å². The Morgan fingerprint density at radius 3 is 2.49 bits per heavy atom. The zero-order valence-corrected chi connectivity index (χ0v) is 22.6. The molecule has 1 aliphatic heterocycles. The Morgan fingerprint density at radius 2 is 1.82 bits per heavy atom. The van der Waals surface area contributed by atoms with Gasteiger partial charge in [-0.3, -0.25) is 9.69 Å². The second-order valence-electron chi connectivity index (χ2n) is 11.0. The van der Waals surface area contributed by atoms with Crippen molar-refractivity contribution < 1.29 is 22.8 Å². The predicted molar refractivity (Wildman–Crippen MR) is 143 cm³/mol. The zero-order valence-electron chi connectivity index (χ0n) is 22.6. The summed E-state index contributed by atoms with van der Waals surface area (Å²) >= 11 is 0. The number of carbonyl (C=O) groups is 1. The monoisotopic (exact) mass is 534 g/mol. The number of nitrogens with zero attached hydrogens (tertiary/aromatic N) is 4. The molecule has 1 aliphatic carbocycles. The van der Waals surface area contributed by atoms with Crippen molar-refractivity contribution in [3.05, 3.63) is 65.3 Å². The Kier molecular flexibility index (Phi) is 6.29. The number of imidazole rings is 1. The van der Waals surface area contributed by atoms with Crippen LogP contribution in [0.1, 0.15) is 68.8 Å². The van der Waals surface area contributed by atoms with E-state index in [0.29, 0.717) is 18.5 Å². The molecule has 0 radical (unpaired) electrons. The summed E-state index contributed by atoms with van der Waals surface area (Å²) in [6.07, 6.45) is 4.72. The van der Waals surface area contributed by atoms with Crippen LogP contribution in [0.25, 0.3) is 22.2 Å². The lowest BCUT2D eigenvalue weighted by atomic mass is 9.90. The average Bonchev–Trinajstić information content (AvgIpc) is 3.58. The smallest absolute Gasteiger partial charge is 0.227 e. The van der Waals surface area contributed by atoms with Gasteiger partial charge in [-0.05, 0) is 82.7 Å². The normalized spacial score (nSPS) is 23.7. The average molecular weight is 535 g/mol. The maximum Gasteiger partial charge on any atom is 0.227 e. The molecule has 7 nitrogen and oxygen atoms in total. The van der Waals surface area contributed by atoms with Crippen LogP contribution in [0.5, 0.6) is 0 Å². The van der Waals surface area contributed by atoms with Gasteiger partial charge in [-0.1, -0.05) is 11.2 Å². The predicted octanol–water partition coefficient (Wildman–Crippen LogP) is 6.76. The molecule has 3 heterocycles. The van der Waals surface area contributed by atoms with E-state index in [1.165, 1.54) is 6.07 Å². The van der Waals surface area contributed by atoms with Gasteiger partial charge in [-0.15, -0.1) is 0 Å². The molecule has 1 atom stereocenters. The number of carbonyl (C=O) groups excluding carboxylic acids is 1. The molecule has 4 aromatic rings. The summed E-state index contributed by atoms with van der Waals surface area (Å²) in [6, 6.07) is 9.99. The van der Waals surface area contributed by atoms with Crippen molar-refractivity contribution >= 4 is 22.6 Å². The number of halogens is 2. The third-order valence-corrected chi connectivity index (χ3v) is 8.57. The van der Waals surface area contributed by atoms with Crippen molar-refractivity contribution in [2.24, 2.45) is 0 Å². The summed E-state index contributed by atoms with van der Waals surface area (Å²) in [6.45, 7) is 5.79. The lowest BCUT2D eigenvalue weighted by Gasteiger charge is -2.38. The molecule has 1 amide bonds. The third-order valence-electron chi connectivity index (χ3n) is 8.57. The number of ether oxygens (including phenoxy) is 1. The van der Waals surface area contributed by atoms with Crippen LogP contribution in [-0.2, 0) is 15.1 Å². The summed E-state index contributed by atoms with van der Waals surface area (Å²) in [5.74, 6) is -0.570. The van der Waals surface area contributed by atoms with Gasteiger partial charge in [0.15, 0.2) is 11.6 Å². The first-order valence-electron chi connectivity index (χ1n) is 13.5. The zero-order chi connectivity index (χ0) is 27.5. The van der Waals surface area contributed by atoms with Gasteiger partial charge in [0.2, 0.25) is 5.91 Å². The highest BCUT2D eigenvalue weighted by Gasteiger charge is 2.48. The molecule has 2 aromatic heterocycles. The molecule has 1 saturated heterocycles. The molecule has 0 spiro atoms. The molecule has 2 fully saturated rings. The number of rotatable bonds is 5. The highest BCUT2D eigenvalue weighted by molar-refractivity contribution is 5.97. The topological polar surface area (TPSA) is 73.4 Å². The van der Waals surface area contributed by atoms with Gasteiger partial charge >= 0.3 is 0 Å². The van der Waals surface area contributed by atoms with Crippen molar-refractivity contribution in [2.45, 2.75) is 77.0 Å². The fraction of sp³-hybridized carbons (Fsp3) is 0.433. The molecule has 6 rings (SSSR count). The van der Waals surface area contributed by atoms with Crippen molar-refractivity contribution in [2.75, 3.05) is 12.0 Å². The van der Waals surface area contributed by atoms with Gasteiger partial charge in [-0.2, -0.15) is 0 Å². The lowest BCUT2D eigenvalue weighted by Crippen LogP contribution is -2.44. The van der Waals surface area contributed by atoms with Crippen molar-refractivity contribution in [3.63, 3.8) is 0 Å². The Balaban J connectivity index is 1.53. The number of fused-ring (bicyclic) bond motifs is 1. The number of hydrogen-bond donors (Lipinski definition) is 0. The van der Waals surface area contributed by atoms with Gasteiger partial charge in [0.25, 0.3) is 0 Å². The highest BCUT2D eigenvalue weighted by Crippen LogP contribution is 2.46. The summed E-state index contributed by atoms with van der Waals surface area (Å²) < 4.78 is 41.4. The van der Waals surface area contributed by atoms with E-state index in [4.69, 9.17) is 14.2 Å². The Bertz CT molecular complexity index is 1550. The largest absolute Gasteiger partial charge is 0.381 e. The third kappa shape index (κ3) is 4.14. The molecule has 2 aromatic carbocycles. The van der Waals surface area contributed by atoms with Crippen molar-refractivity contribution in [1.82, 2.24) is 14.7 Å². The fourth-order valence-electron chi connectivity index (χ4n) is 6.55. The summed E-state index contributed by atoms with van der Waals surface area (Å²) in [5.41, 5.74) is 3.98. The molecule has 9 heteroatoms. The van der Waals surface area contributed by atoms with Crippen LogP contribution in [0.2, 0.25) is 0 Å². The first-order valence-corrected chi connectivity index (χ1v) is 13.5. The van der Waals surface area contributed by atoms with E-state index in [0.717, 1.165) is 77.3 Å². The van der Waals surface area contributed by atoms with Gasteiger partial charge in [0.05, 0.1) is 22.8 Å². The number of hydrogen-bond acceptors (Lipinski definition) is 5. The van der Waals surface area contributed by atoms with E-state index in [9.17, 15) is 13.6 Å². The molecular formula is C30H32F2N4O3. The quantitative estimate of drug-likeness (QED) is 0.283. The van der Waals surface area contributed by atoms with Gasteiger partial charge in [0.1, 0.15) is 17.1 Å². The van der Waals surface area contributed by atoms with Crippen molar-refractivity contribution in [3.8, 4) is 11.1 Å². The van der Waals surface area contributed by atoms with Crippen LogP contribution in [0.3, 0.4) is 0 Å². The maximum atomic E-state index is 14.3. The number of aromatic nitrogens is 3. The molecule has 0 bridgehead atoms. The van der Waals surface area contributed by atoms with Crippen LogP contribution < -0.4 is 4.90 Å². The number of amides is 1. The SMILES string of the molecule is COC1CCC(n2c([C@@]3(C)CCC(=O)N3c3ccc(F)c(F)c3)nc3cc(-c4c(C)noc4C)ccc32)CC1. The number of aryl methyl sites for hydroxylation is 2. The van der Waals surface area contributed by atoms with Crippen LogP contribution in [-0.4, -0.2) is 33.8 Å². The van der Waals surface area contributed by atoms with E-state index in [-0.39, 0.29) is 18.1 Å². The van der Waals surface area contributed by atoms with E-state index >= 15 is 0 Å². The van der Waals surface area contributed by atoms with Crippen LogP contribution in [0, 0.1) is 25.5 Å². The van der Waals surface area contributed by atoms with E-state index in [1.54, 1.807) is 12.0 Å². The first-order chi connectivity index (χ1) is 18.7. The summed E-state index contributed by atoms with van der Waals surface area (Å²) in [7, 11) is 1.75. The standard InChI is InChI=1S/C30H32F2N4O3/c1-17-28(18(2)39-34-17)19-5-12-26-25(15-19)33-29(35(26)20-6-9-22(38-4)10-7-20)30(3)14-13-27(37)36(30)21-8-11-23(31)24(32)16-21/h5,8,11-12,15-16,20,22H,6-7,9-10,13-14H2,1-4H3/t20?,22?,30-/m1/s1. The Hall–Kier alpha value is -3.59. The Morgan fingerprint density at radius 1 is 1.05 bits per heavy atom. The molecule has 2 aliphatic rings.